The summed E-state index contributed by atoms with van der Waals surface area (Å²) in [5.41, 5.74) is 2.51. The number of nitrogens with zero attached hydrogens (tertiary/aromatic N) is 2. The third kappa shape index (κ3) is 4.16. The van der Waals surface area contributed by atoms with Crippen molar-refractivity contribution >= 4 is 0 Å². The first-order chi connectivity index (χ1) is 10.2. The van der Waals surface area contributed by atoms with Crippen molar-refractivity contribution in [3.63, 3.8) is 0 Å². The van der Waals surface area contributed by atoms with Crippen molar-refractivity contribution in [3.05, 3.63) is 53.2 Å². The normalized spacial score (nSPS) is 14.8. The first-order valence-electron chi connectivity index (χ1n) is 7.60. The number of pyridine rings is 1. The monoisotopic (exact) mass is 285 g/mol. The Hall–Kier alpha value is -1.65. The summed E-state index contributed by atoms with van der Waals surface area (Å²) >= 11 is 0. The van der Waals surface area contributed by atoms with Crippen molar-refractivity contribution in [2.24, 2.45) is 0 Å². The molecule has 0 saturated heterocycles. The van der Waals surface area contributed by atoms with E-state index in [1.807, 2.05) is 25.4 Å². The highest BCUT2D eigenvalue weighted by molar-refractivity contribution is 5.21. The topological polar surface area (TPSA) is 41.3 Å². The van der Waals surface area contributed by atoms with E-state index in [0.717, 1.165) is 31.2 Å². The Balaban J connectivity index is 1.55. The second-order valence-electron chi connectivity index (χ2n) is 5.98. The number of aromatic nitrogens is 1. The van der Waals surface area contributed by atoms with E-state index in [0.29, 0.717) is 6.04 Å². The maximum Gasteiger partial charge on any atom is 0.118 e. The van der Waals surface area contributed by atoms with Crippen LogP contribution in [0.15, 0.2) is 35.0 Å². The lowest BCUT2D eigenvalue weighted by molar-refractivity contribution is 0.316. The zero-order valence-corrected chi connectivity index (χ0v) is 12.8. The SMILES string of the molecule is Cc1oc(CNC2CC2)cc1CN(C)Cc1cccnc1. The van der Waals surface area contributed by atoms with Crippen molar-refractivity contribution < 1.29 is 4.42 Å². The molecule has 0 aliphatic heterocycles. The lowest BCUT2D eigenvalue weighted by Crippen LogP contribution is -2.17. The van der Waals surface area contributed by atoms with Crippen LogP contribution in [0, 0.1) is 6.92 Å². The fourth-order valence-corrected chi connectivity index (χ4v) is 2.51. The van der Waals surface area contributed by atoms with Crippen LogP contribution in [0.2, 0.25) is 0 Å². The standard InChI is InChI=1S/C17H23N3O/c1-13-15(8-17(21-13)10-19-16-5-6-16)12-20(2)11-14-4-3-7-18-9-14/h3-4,7-9,16,19H,5-6,10-12H2,1-2H3. The number of rotatable bonds is 7. The van der Waals surface area contributed by atoms with Crippen molar-refractivity contribution in [3.8, 4) is 0 Å². The van der Waals surface area contributed by atoms with Gasteiger partial charge in [0.1, 0.15) is 11.5 Å². The fraction of sp³-hybridized carbons (Fsp3) is 0.471. The molecule has 0 spiro atoms. The molecule has 0 amide bonds. The highest BCUT2D eigenvalue weighted by Gasteiger charge is 2.21. The number of hydrogen-bond acceptors (Lipinski definition) is 4. The van der Waals surface area contributed by atoms with E-state index in [1.165, 1.54) is 24.0 Å². The summed E-state index contributed by atoms with van der Waals surface area (Å²) in [6.07, 6.45) is 6.34. The molecule has 1 fully saturated rings. The lowest BCUT2D eigenvalue weighted by atomic mass is 10.2. The van der Waals surface area contributed by atoms with Gasteiger partial charge >= 0.3 is 0 Å². The van der Waals surface area contributed by atoms with Gasteiger partial charge in [0, 0.05) is 37.1 Å². The van der Waals surface area contributed by atoms with Crippen LogP contribution in [0.3, 0.4) is 0 Å². The number of nitrogens with one attached hydrogen (secondary N) is 1. The summed E-state index contributed by atoms with van der Waals surface area (Å²) < 4.78 is 5.84. The molecule has 4 heteroatoms. The van der Waals surface area contributed by atoms with Crippen LogP contribution in [0.5, 0.6) is 0 Å². The molecule has 2 aromatic heterocycles. The Morgan fingerprint density at radius 1 is 1.38 bits per heavy atom. The molecule has 2 heterocycles. The maximum atomic E-state index is 5.84. The predicted octanol–water partition coefficient (Wildman–Crippen LogP) is 2.87. The highest BCUT2D eigenvalue weighted by Crippen LogP contribution is 2.21. The molecule has 4 nitrogen and oxygen atoms in total. The summed E-state index contributed by atoms with van der Waals surface area (Å²) in [4.78, 5) is 6.44. The molecule has 112 valence electrons. The third-order valence-corrected chi connectivity index (χ3v) is 3.83. The van der Waals surface area contributed by atoms with Crippen LogP contribution < -0.4 is 5.32 Å². The zero-order valence-electron chi connectivity index (χ0n) is 12.8. The van der Waals surface area contributed by atoms with Gasteiger partial charge in [-0.15, -0.1) is 0 Å². The van der Waals surface area contributed by atoms with E-state index < -0.39 is 0 Å². The van der Waals surface area contributed by atoms with E-state index >= 15 is 0 Å². The molecule has 1 aliphatic carbocycles. The molecule has 0 aromatic carbocycles. The van der Waals surface area contributed by atoms with Gasteiger partial charge in [-0.1, -0.05) is 6.07 Å². The van der Waals surface area contributed by atoms with Crippen LogP contribution in [0.25, 0.3) is 0 Å². The minimum absolute atomic E-state index is 0.715. The Morgan fingerprint density at radius 2 is 2.24 bits per heavy atom. The average molecular weight is 285 g/mol. The Labute approximate surface area is 126 Å². The molecular formula is C17H23N3O. The molecule has 0 unspecified atom stereocenters. The molecular weight excluding hydrogens is 262 g/mol. The summed E-state index contributed by atoms with van der Waals surface area (Å²) in [5.74, 6) is 2.07. The van der Waals surface area contributed by atoms with Gasteiger partial charge in [0.25, 0.3) is 0 Å². The minimum atomic E-state index is 0.715. The van der Waals surface area contributed by atoms with Crippen LogP contribution in [-0.4, -0.2) is 23.0 Å². The summed E-state index contributed by atoms with van der Waals surface area (Å²) in [7, 11) is 2.13. The van der Waals surface area contributed by atoms with Crippen LogP contribution >= 0.6 is 0 Å². The second kappa shape index (κ2) is 6.41. The van der Waals surface area contributed by atoms with Gasteiger partial charge in [-0.2, -0.15) is 0 Å². The molecule has 0 radical (unpaired) electrons. The van der Waals surface area contributed by atoms with Gasteiger partial charge in [0.2, 0.25) is 0 Å². The van der Waals surface area contributed by atoms with Crippen LogP contribution in [0.4, 0.5) is 0 Å². The van der Waals surface area contributed by atoms with Crippen molar-refractivity contribution in [2.45, 2.75) is 45.4 Å². The summed E-state index contributed by atoms with van der Waals surface area (Å²) in [5, 5.41) is 3.49. The molecule has 1 N–H and O–H groups in total. The molecule has 3 rings (SSSR count). The van der Waals surface area contributed by atoms with E-state index in [2.05, 4.69) is 34.4 Å². The highest BCUT2D eigenvalue weighted by atomic mass is 16.3. The van der Waals surface area contributed by atoms with Crippen molar-refractivity contribution in [1.82, 2.24) is 15.2 Å². The zero-order chi connectivity index (χ0) is 14.7. The van der Waals surface area contributed by atoms with E-state index in [9.17, 15) is 0 Å². The minimum Gasteiger partial charge on any atom is -0.465 e. The van der Waals surface area contributed by atoms with Crippen LogP contribution in [-0.2, 0) is 19.6 Å². The van der Waals surface area contributed by atoms with Crippen LogP contribution in [0.1, 0.15) is 35.5 Å². The lowest BCUT2D eigenvalue weighted by Gasteiger charge is -2.15. The Bertz CT molecular complexity index is 575. The number of hydrogen-bond donors (Lipinski definition) is 1. The van der Waals surface area contributed by atoms with E-state index in [4.69, 9.17) is 4.42 Å². The molecule has 1 aliphatic rings. The van der Waals surface area contributed by atoms with Gasteiger partial charge in [-0.3, -0.25) is 9.88 Å². The van der Waals surface area contributed by atoms with Crippen molar-refractivity contribution in [2.75, 3.05) is 7.05 Å². The first-order valence-corrected chi connectivity index (χ1v) is 7.60. The molecule has 2 aromatic rings. The smallest absolute Gasteiger partial charge is 0.118 e. The average Bonchev–Trinajstić information content (AvgIpc) is 3.23. The molecule has 0 bridgehead atoms. The predicted molar refractivity (Wildman–Crippen MR) is 82.7 cm³/mol. The molecule has 21 heavy (non-hydrogen) atoms. The molecule has 1 saturated carbocycles. The second-order valence-corrected chi connectivity index (χ2v) is 5.98. The Morgan fingerprint density at radius 3 is 2.95 bits per heavy atom. The molecule has 0 atom stereocenters. The largest absolute Gasteiger partial charge is 0.465 e. The number of furan rings is 1. The van der Waals surface area contributed by atoms with Gasteiger partial charge in [-0.05, 0) is 44.5 Å². The Kier molecular flexibility index (Phi) is 4.36. The quantitative estimate of drug-likeness (QED) is 0.849. The maximum absolute atomic E-state index is 5.84. The van der Waals surface area contributed by atoms with Gasteiger partial charge in [0.05, 0.1) is 6.54 Å². The van der Waals surface area contributed by atoms with E-state index in [1.54, 1.807) is 0 Å². The first kappa shape index (κ1) is 14.3. The number of aryl methyl sites for hydroxylation is 1. The van der Waals surface area contributed by atoms with Gasteiger partial charge in [-0.25, -0.2) is 0 Å². The third-order valence-electron chi connectivity index (χ3n) is 3.83. The van der Waals surface area contributed by atoms with Crippen molar-refractivity contribution in [1.29, 1.82) is 0 Å². The summed E-state index contributed by atoms with van der Waals surface area (Å²) in [6, 6.07) is 6.99. The van der Waals surface area contributed by atoms with E-state index in [-0.39, 0.29) is 0 Å². The fourth-order valence-electron chi connectivity index (χ4n) is 2.51. The van der Waals surface area contributed by atoms with Gasteiger partial charge in [0.15, 0.2) is 0 Å². The summed E-state index contributed by atoms with van der Waals surface area (Å²) in [6.45, 7) is 4.69. The van der Waals surface area contributed by atoms with Gasteiger partial charge < -0.3 is 9.73 Å².